The summed E-state index contributed by atoms with van der Waals surface area (Å²) < 4.78 is 13.7. The van der Waals surface area contributed by atoms with Crippen LogP contribution in [0.3, 0.4) is 0 Å². The summed E-state index contributed by atoms with van der Waals surface area (Å²) in [5.74, 6) is 1.03. The molecule has 32 heavy (non-hydrogen) atoms. The van der Waals surface area contributed by atoms with E-state index in [0.717, 1.165) is 51.1 Å². The molecule has 0 aromatic carbocycles. The van der Waals surface area contributed by atoms with Gasteiger partial charge in [0.2, 0.25) is 0 Å². The maximum atomic E-state index is 12.1. The predicted octanol–water partition coefficient (Wildman–Crippen LogP) is 4.06. The van der Waals surface area contributed by atoms with E-state index < -0.39 is 0 Å². The van der Waals surface area contributed by atoms with Gasteiger partial charge in [-0.05, 0) is 62.1 Å². The van der Waals surface area contributed by atoms with Crippen molar-refractivity contribution in [2.75, 3.05) is 19.6 Å². The van der Waals surface area contributed by atoms with Crippen LogP contribution in [0.15, 0.2) is 59.5 Å². The second-order valence-corrected chi connectivity index (χ2v) is 9.07. The summed E-state index contributed by atoms with van der Waals surface area (Å²) in [7, 11) is 0. The van der Waals surface area contributed by atoms with Crippen molar-refractivity contribution in [3.63, 3.8) is 0 Å². The lowest BCUT2D eigenvalue weighted by Gasteiger charge is -2.39. The smallest absolute Gasteiger partial charge is 0.287 e. The molecule has 3 aromatic rings. The fourth-order valence-electron chi connectivity index (χ4n) is 4.74. The maximum Gasteiger partial charge on any atom is 0.287 e. The second-order valence-electron chi connectivity index (χ2n) is 8.63. The van der Waals surface area contributed by atoms with Crippen LogP contribution in [-0.2, 0) is 11.3 Å². The van der Waals surface area contributed by atoms with Crippen molar-refractivity contribution in [2.24, 2.45) is 0 Å². The largest absolute Gasteiger partial charge is 0.459 e. The number of ether oxygens (including phenoxy) is 1. The number of carbonyl (C=O) groups excluding carboxylic acids is 1. The number of nitrogens with zero attached hydrogens (tertiary/aromatic N) is 3. The van der Waals surface area contributed by atoms with Crippen LogP contribution in [0, 0.1) is 0 Å². The minimum absolute atomic E-state index is 0.0592. The number of halogens is 1. The van der Waals surface area contributed by atoms with E-state index in [9.17, 15) is 4.79 Å². The zero-order valence-corrected chi connectivity index (χ0v) is 18.6. The highest BCUT2D eigenvalue weighted by Gasteiger charge is 2.42. The summed E-state index contributed by atoms with van der Waals surface area (Å²) in [6.45, 7) is 3.37. The molecule has 5 rings (SSSR count). The molecular weight excluding hydrogens is 428 g/mol. The monoisotopic (exact) mass is 454 g/mol. The van der Waals surface area contributed by atoms with Crippen molar-refractivity contribution in [3.8, 4) is 5.82 Å². The van der Waals surface area contributed by atoms with Gasteiger partial charge in [0.05, 0.1) is 23.0 Å². The topological polar surface area (TPSA) is 72.5 Å². The summed E-state index contributed by atoms with van der Waals surface area (Å²) in [4.78, 5) is 19.0. The standard InChI is InChI=1S/C24H27ClN4O3/c25-18-5-6-22(26-15-18)29-11-1-3-19(29)17-28-12-9-24(10-13-28)8-7-20(32-24)16-27-23(30)21-4-2-14-31-21/h1-6,11,14-15,20H,7-10,12-13,16-17H2,(H,27,30)/t20-/m0/s1. The zero-order valence-electron chi connectivity index (χ0n) is 17.9. The van der Waals surface area contributed by atoms with Crippen molar-refractivity contribution in [1.82, 2.24) is 19.8 Å². The fourth-order valence-corrected chi connectivity index (χ4v) is 4.85. The van der Waals surface area contributed by atoms with E-state index in [0.29, 0.717) is 17.3 Å². The molecule has 1 spiro atoms. The summed E-state index contributed by atoms with van der Waals surface area (Å²) in [6.07, 6.45) is 9.33. The third kappa shape index (κ3) is 4.60. The first-order valence-corrected chi connectivity index (χ1v) is 11.5. The number of hydrogen-bond acceptors (Lipinski definition) is 5. The van der Waals surface area contributed by atoms with Crippen molar-refractivity contribution < 1.29 is 13.9 Å². The number of likely N-dealkylation sites (tertiary alicyclic amines) is 1. The molecule has 0 unspecified atom stereocenters. The van der Waals surface area contributed by atoms with E-state index in [4.69, 9.17) is 20.8 Å². The van der Waals surface area contributed by atoms with Gasteiger partial charge in [-0.2, -0.15) is 0 Å². The Hall–Kier alpha value is -2.61. The van der Waals surface area contributed by atoms with E-state index in [1.807, 2.05) is 18.3 Å². The highest BCUT2D eigenvalue weighted by Crippen LogP contribution is 2.39. The Morgan fingerprint density at radius 2 is 2.06 bits per heavy atom. The highest BCUT2D eigenvalue weighted by atomic mass is 35.5. The number of rotatable bonds is 6. The summed E-state index contributed by atoms with van der Waals surface area (Å²) in [5.41, 5.74) is 1.15. The van der Waals surface area contributed by atoms with Crippen molar-refractivity contribution in [3.05, 3.63) is 71.5 Å². The SMILES string of the molecule is O=C(NC[C@@H]1CCC2(CCN(Cc3cccn3-c3ccc(Cl)cn3)CC2)O1)c1ccco1. The van der Waals surface area contributed by atoms with Crippen LogP contribution in [-0.4, -0.2) is 51.7 Å². The van der Waals surface area contributed by atoms with Gasteiger partial charge in [-0.1, -0.05) is 11.6 Å². The number of hydrogen-bond donors (Lipinski definition) is 1. The Labute approximate surface area is 192 Å². The van der Waals surface area contributed by atoms with Crippen LogP contribution in [0.4, 0.5) is 0 Å². The average Bonchev–Trinajstić information content (AvgIpc) is 3.56. The summed E-state index contributed by atoms with van der Waals surface area (Å²) >= 11 is 5.98. The number of pyridine rings is 1. The Balaban J connectivity index is 1.12. The Morgan fingerprint density at radius 3 is 2.81 bits per heavy atom. The maximum absolute atomic E-state index is 12.1. The minimum atomic E-state index is -0.187. The molecule has 2 saturated heterocycles. The number of furan rings is 1. The van der Waals surface area contributed by atoms with E-state index in [1.54, 1.807) is 18.3 Å². The third-order valence-corrected chi connectivity index (χ3v) is 6.74. The molecule has 8 heteroatoms. The molecule has 2 aliphatic heterocycles. The zero-order chi connectivity index (χ0) is 22.0. The molecule has 2 fully saturated rings. The van der Waals surface area contributed by atoms with Gasteiger partial charge in [0.25, 0.3) is 5.91 Å². The first-order chi connectivity index (χ1) is 15.6. The van der Waals surface area contributed by atoms with E-state index in [2.05, 4.69) is 31.9 Å². The molecule has 0 saturated carbocycles. The van der Waals surface area contributed by atoms with Gasteiger partial charge in [0, 0.05) is 44.3 Å². The molecule has 0 radical (unpaired) electrons. The molecular formula is C24H27ClN4O3. The number of aromatic nitrogens is 2. The molecule has 7 nitrogen and oxygen atoms in total. The minimum Gasteiger partial charge on any atom is -0.459 e. The third-order valence-electron chi connectivity index (χ3n) is 6.52. The summed E-state index contributed by atoms with van der Waals surface area (Å²) in [6, 6.07) is 11.4. The molecule has 1 amide bonds. The van der Waals surface area contributed by atoms with Gasteiger partial charge in [-0.25, -0.2) is 4.98 Å². The predicted molar refractivity (Wildman–Crippen MR) is 121 cm³/mol. The van der Waals surface area contributed by atoms with Crippen LogP contribution in [0.1, 0.15) is 41.9 Å². The molecule has 3 aromatic heterocycles. The molecule has 168 valence electrons. The quantitative estimate of drug-likeness (QED) is 0.608. The number of nitrogens with one attached hydrogen (secondary N) is 1. The molecule has 1 N–H and O–H groups in total. The lowest BCUT2D eigenvalue weighted by molar-refractivity contribution is -0.0766. The highest BCUT2D eigenvalue weighted by molar-refractivity contribution is 6.30. The Kier molecular flexibility index (Phi) is 6.04. The van der Waals surface area contributed by atoms with Crippen LogP contribution >= 0.6 is 11.6 Å². The van der Waals surface area contributed by atoms with Crippen molar-refractivity contribution >= 4 is 17.5 Å². The first-order valence-electron chi connectivity index (χ1n) is 11.1. The molecule has 0 aliphatic carbocycles. The van der Waals surface area contributed by atoms with Crippen LogP contribution in [0.2, 0.25) is 5.02 Å². The first kappa shape index (κ1) is 21.2. The lowest BCUT2D eigenvalue weighted by atomic mass is 9.88. The van der Waals surface area contributed by atoms with Crippen molar-refractivity contribution in [2.45, 2.75) is 43.9 Å². The Morgan fingerprint density at radius 1 is 1.19 bits per heavy atom. The van der Waals surface area contributed by atoms with E-state index in [-0.39, 0.29) is 17.6 Å². The normalized spacial score (nSPS) is 20.6. The van der Waals surface area contributed by atoms with Gasteiger partial charge >= 0.3 is 0 Å². The van der Waals surface area contributed by atoms with Gasteiger partial charge in [0.15, 0.2) is 5.76 Å². The second kappa shape index (κ2) is 9.10. The Bertz CT molecular complexity index is 1040. The van der Waals surface area contributed by atoms with Gasteiger partial charge in [0.1, 0.15) is 5.82 Å². The van der Waals surface area contributed by atoms with Crippen LogP contribution in [0.5, 0.6) is 0 Å². The fraction of sp³-hybridized carbons (Fsp3) is 0.417. The van der Waals surface area contributed by atoms with E-state index in [1.165, 1.54) is 12.0 Å². The van der Waals surface area contributed by atoms with Gasteiger partial charge < -0.3 is 19.0 Å². The molecule has 1 atom stereocenters. The van der Waals surface area contributed by atoms with Gasteiger partial charge in [-0.3, -0.25) is 9.69 Å². The van der Waals surface area contributed by atoms with Crippen LogP contribution in [0.25, 0.3) is 5.82 Å². The van der Waals surface area contributed by atoms with E-state index >= 15 is 0 Å². The summed E-state index contributed by atoms with van der Waals surface area (Å²) in [5, 5.41) is 3.57. The van der Waals surface area contributed by atoms with Gasteiger partial charge in [-0.15, -0.1) is 0 Å². The molecule has 2 aliphatic rings. The lowest BCUT2D eigenvalue weighted by Crippen LogP contribution is -2.45. The molecule has 5 heterocycles. The average molecular weight is 455 g/mol. The van der Waals surface area contributed by atoms with Crippen molar-refractivity contribution in [1.29, 1.82) is 0 Å². The number of carbonyl (C=O) groups is 1. The van der Waals surface area contributed by atoms with Crippen LogP contribution < -0.4 is 5.32 Å². The molecule has 0 bridgehead atoms. The number of piperidine rings is 1. The number of amides is 1.